The van der Waals surface area contributed by atoms with Crippen molar-refractivity contribution in [2.24, 2.45) is 11.3 Å². The maximum atomic E-state index is 2.79. The maximum absolute atomic E-state index is 2.79. The van der Waals surface area contributed by atoms with Crippen LogP contribution >= 0.6 is 0 Å². The summed E-state index contributed by atoms with van der Waals surface area (Å²) < 4.78 is 0. The molecule has 0 bridgehead atoms. The average molecular weight is 356 g/mol. The van der Waals surface area contributed by atoms with Gasteiger partial charge in [-0.15, -0.1) is 0 Å². The molecular formula is C23H37N3. The Morgan fingerprint density at radius 3 is 2.04 bits per heavy atom. The fourth-order valence-electron chi connectivity index (χ4n) is 5.31. The lowest BCUT2D eigenvalue weighted by Gasteiger charge is -2.48. The van der Waals surface area contributed by atoms with Crippen LogP contribution in [0.3, 0.4) is 0 Å². The van der Waals surface area contributed by atoms with Gasteiger partial charge in [-0.1, -0.05) is 17.7 Å². The van der Waals surface area contributed by atoms with E-state index in [-0.39, 0.29) is 0 Å². The van der Waals surface area contributed by atoms with Gasteiger partial charge in [0.2, 0.25) is 0 Å². The first kappa shape index (κ1) is 18.3. The SMILES string of the molecule is Cc1ccc(N2CCC3(CCN(CC4CCN(C)CC4)CC3)CC2)cc1. The summed E-state index contributed by atoms with van der Waals surface area (Å²) >= 11 is 0. The van der Waals surface area contributed by atoms with Crippen LogP contribution in [0.4, 0.5) is 5.69 Å². The zero-order valence-electron chi connectivity index (χ0n) is 16.9. The van der Waals surface area contributed by atoms with Crippen molar-refractivity contribution in [2.45, 2.75) is 45.4 Å². The van der Waals surface area contributed by atoms with Crippen molar-refractivity contribution in [3.8, 4) is 0 Å². The molecule has 0 radical (unpaired) electrons. The Balaban J connectivity index is 1.24. The summed E-state index contributed by atoms with van der Waals surface area (Å²) in [5, 5.41) is 0. The number of anilines is 1. The van der Waals surface area contributed by atoms with E-state index in [4.69, 9.17) is 0 Å². The van der Waals surface area contributed by atoms with E-state index in [2.05, 4.69) is 52.9 Å². The molecule has 3 aliphatic heterocycles. The maximum Gasteiger partial charge on any atom is 0.0366 e. The standard InChI is InChI=1S/C23H37N3/c1-20-3-5-22(6-4-20)26-17-11-23(12-18-26)9-15-25(16-10-23)19-21-7-13-24(2)14-8-21/h3-6,21H,7-19H2,1-2H3. The molecule has 1 spiro atoms. The number of nitrogens with zero attached hydrogens (tertiary/aromatic N) is 3. The van der Waals surface area contributed by atoms with Crippen LogP contribution in [0.15, 0.2) is 24.3 Å². The molecule has 3 aliphatic rings. The molecule has 3 saturated heterocycles. The lowest BCUT2D eigenvalue weighted by molar-refractivity contribution is 0.0620. The van der Waals surface area contributed by atoms with Gasteiger partial charge in [0.15, 0.2) is 0 Å². The van der Waals surface area contributed by atoms with Gasteiger partial charge in [-0.2, -0.15) is 0 Å². The molecule has 3 nitrogen and oxygen atoms in total. The predicted octanol–water partition coefficient (Wildman–Crippen LogP) is 4.02. The highest BCUT2D eigenvalue weighted by molar-refractivity contribution is 5.47. The van der Waals surface area contributed by atoms with Crippen molar-refractivity contribution >= 4 is 5.69 Å². The van der Waals surface area contributed by atoms with Crippen LogP contribution in [0.5, 0.6) is 0 Å². The highest BCUT2D eigenvalue weighted by Gasteiger charge is 2.38. The van der Waals surface area contributed by atoms with E-state index in [9.17, 15) is 0 Å². The quantitative estimate of drug-likeness (QED) is 0.811. The van der Waals surface area contributed by atoms with Gasteiger partial charge in [0.05, 0.1) is 0 Å². The Kier molecular flexibility index (Phi) is 5.56. The summed E-state index contributed by atoms with van der Waals surface area (Å²) in [5.74, 6) is 0.948. The average Bonchev–Trinajstić information content (AvgIpc) is 2.67. The van der Waals surface area contributed by atoms with Gasteiger partial charge < -0.3 is 14.7 Å². The molecule has 0 atom stereocenters. The smallest absolute Gasteiger partial charge is 0.0366 e. The molecule has 3 heterocycles. The van der Waals surface area contributed by atoms with Crippen molar-refractivity contribution in [3.05, 3.63) is 29.8 Å². The lowest BCUT2D eigenvalue weighted by atomic mass is 9.71. The number of hydrogen-bond acceptors (Lipinski definition) is 3. The molecule has 3 fully saturated rings. The Morgan fingerprint density at radius 1 is 0.846 bits per heavy atom. The normalized spacial score (nSPS) is 25.7. The molecule has 0 amide bonds. The van der Waals surface area contributed by atoms with Gasteiger partial charge >= 0.3 is 0 Å². The zero-order valence-corrected chi connectivity index (χ0v) is 16.9. The van der Waals surface area contributed by atoms with Crippen molar-refractivity contribution in [1.82, 2.24) is 9.80 Å². The van der Waals surface area contributed by atoms with Crippen molar-refractivity contribution in [3.63, 3.8) is 0 Å². The van der Waals surface area contributed by atoms with Gasteiger partial charge in [0.1, 0.15) is 0 Å². The summed E-state index contributed by atoms with van der Waals surface area (Å²) in [5.41, 5.74) is 3.43. The third kappa shape index (κ3) is 4.26. The van der Waals surface area contributed by atoms with E-state index >= 15 is 0 Å². The molecule has 1 aromatic rings. The Hall–Kier alpha value is -1.06. The van der Waals surface area contributed by atoms with Gasteiger partial charge in [-0.25, -0.2) is 0 Å². The molecule has 0 unspecified atom stereocenters. The monoisotopic (exact) mass is 355 g/mol. The first-order valence-electron chi connectivity index (χ1n) is 10.8. The molecule has 0 N–H and O–H groups in total. The second-order valence-electron chi connectivity index (χ2n) is 9.37. The third-order valence-electron chi connectivity index (χ3n) is 7.49. The van der Waals surface area contributed by atoms with Gasteiger partial charge in [-0.05, 0) is 102 Å². The Bertz CT molecular complexity index is 556. The third-order valence-corrected chi connectivity index (χ3v) is 7.49. The molecule has 3 heteroatoms. The fraction of sp³-hybridized carbons (Fsp3) is 0.739. The minimum Gasteiger partial charge on any atom is -0.371 e. The number of likely N-dealkylation sites (tertiary alicyclic amines) is 2. The lowest BCUT2D eigenvalue weighted by Crippen LogP contribution is -2.48. The van der Waals surface area contributed by atoms with E-state index in [1.165, 1.54) is 95.6 Å². The molecular weight excluding hydrogens is 318 g/mol. The van der Waals surface area contributed by atoms with Gasteiger partial charge in [0.25, 0.3) is 0 Å². The van der Waals surface area contributed by atoms with E-state index < -0.39 is 0 Å². The highest BCUT2D eigenvalue weighted by atomic mass is 15.2. The van der Waals surface area contributed by atoms with Crippen molar-refractivity contribution < 1.29 is 0 Å². The second kappa shape index (κ2) is 7.90. The summed E-state index contributed by atoms with van der Waals surface area (Å²) in [6.07, 6.45) is 8.46. The number of benzene rings is 1. The summed E-state index contributed by atoms with van der Waals surface area (Å²) in [4.78, 5) is 7.88. The zero-order chi connectivity index (χ0) is 18.0. The molecule has 0 saturated carbocycles. The summed E-state index contributed by atoms with van der Waals surface area (Å²) in [6, 6.07) is 9.11. The van der Waals surface area contributed by atoms with Crippen LogP contribution in [0, 0.1) is 18.3 Å². The van der Waals surface area contributed by atoms with E-state index in [1.54, 1.807) is 0 Å². The first-order valence-corrected chi connectivity index (χ1v) is 10.8. The number of rotatable bonds is 3. The first-order chi connectivity index (χ1) is 12.6. The van der Waals surface area contributed by atoms with Crippen LogP contribution in [0.2, 0.25) is 0 Å². The van der Waals surface area contributed by atoms with Crippen LogP contribution in [0.25, 0.3) is 0 Å². The molecule has 0 aliphatic carbocycles. The van der Waals surface area contributed by atoms with Crippen LogP contribution in [-0.2, 0) is 0 Å². The number of aryl methyl sites for hydroxylation is 1. The van der Waals surface area contributed by atoms with E-state index in [0.717, 1.165) is 5.92 Å². The molecule has 26 heavy (non-hydrogen) atoms. The molecule has 1 aromatic carbocycles. The molecule has 0 aromatic heterocycles. The number of piperidine rings is 3. The second-order valence-corrected chi connectivity index (χ2v) is 9.37. The van der Waals surface area contributed by atoms with Crippen LogP contribution < -0.4 is 4.90 Å². The highest BCUT2D eigenvalue weighted by Crippen LogP contribution is 2.42. The molecule has 4 rings (SSSR count). The van der Waals surface area contributed by atoms with Gasteiger partial charge in [0, 0.05) is 25.3 Å². The summed E-state index contributed by atoms with van der Waals surface area (Å²) in [7, 11) is 2.27. The van der Waals surface area contributed by atoms with E-state index in [0.29, 0.717) is 5.41 Å². The minimum absolute atomic E-state index is 0.643. The molecule has 144 valence electrons. The Labute approximate surface area is 160 Å². The van der Waals surface area contributed by atoms with Gasteiger partial charge in [-0.3, -0.25) is 0 Å². The van der Waals surface area contributed by atoms with E-state index in [1.807, 2.05) is 0 Å². The fourth-order valence-corrected chi connectivity index (χ4v) is 5.31. The predicted molar refractivity (Wildman–Crippen MR) is 111 cm³/mol. The van der Waals surface area contributed by atoms with Crippen LogP contribution in [-0.4, -0.2) is 62.7 Å². The van der Waals surface area contributed by atoms with Crippen molar-refractivity contribution in [2.75, 3.05) is 57.8 Å². The van der Waals surface area contributed by atoms with Crippen molar-refractivity contribution in [1.29, 1.82) is 0 Å². The number of hydrogen-bond donors (Lipinski definition) is 0. The van der Waals surface area contributed by atoms with Crippen LogP contribution in [0.1, 0.15) is 44.1 Å². The topological polar surface area (TPSA) is 9.72 Å². The Morgan fingerprint density at radius 2 is 1.42 bits per heavy atom. The summed E-state index contributed by atoms with van der Waals surface area (Å²) in [6.45, 7) is 11.3. The minimum atomic E-state index is 0.643. The largest absolute Gasteiger partial charge is 0.371 e.